The highest BCUT2D eigenvalue weighted by atomic mass is 16.4. The maximum absolute atomic E-state index is 8.38. The van der Waals surface area contributed by atoms with Gasteiger partial charge in [-0.3, -0.25) is 0 Å². The second kappa shape index (κ2) is 33.1. The molecule has 0 aliphatic heterocycles. The van der Waals surface area contributed by atoms with Gasteiger partial charge in [0.1, 0.15) is 39.4 Å². The van der Waals surface area contributed by atoms with Crippen molar-refractivity contribution in [3.05, 3.63) is 390 Å². The maximum atomic E-state index is 8.38. The molecule has 0 N–H and O–H groups in total. The third-order valence-corrected chi connectivity index (χ3v) is 25.7. The second-order valence-corrected chi connectivity index (χ2v) is 34.0. The Hall–Kier alpha value is -15.9. The van der Waals surface area contributed by atoms with Gasteiger partial charge in [0.05, 0.1) is 38.4 Å². The molecule has 0 atom stereocenters. The van der Waals surface area contributed by atoms with Gasteiger partial charge in [0.15, 0.2) is 41.5 Å². The van der Waals surface area contributed by atoms with Gasteiger partial charge in [-0.2, -0.15) is 0 Å². The number of furan rings is 4. The Morgan fingerprint density at radius 1 is 0.252 bits per heavy atom. The lowest BCUT2D eigenvalue weighted by molar-refractivity contribution is -0.660. The number of fused-ring (bicyclic) bond motifs is 20. The monoisotopic (exact) mass is 1720 g/mol. The van der Waals surface area contributed by atoms with E-state index in [4.69, 9.17) is 48.2 Å². The number of nitrogens with zero attached hydrogens (tertiary/aromatic N) is 7. The molecule has 0 radical (unpaired) electrons. The van der Waals surface area contributed by atoms with Crippen molar-refractivity contribution in [1.82, 2.24) is 15.0 Å². The van der Waals surface area contributed by atoms with Crippen LogP contribution in [0.15, 0.2) is 346 Å². The molecule has 24 aromatic rings. The Morgan fingerprint density at radius 2 is 0.679 bits per heavy atom. The predicted octanol–water partition coefficient (Wildman–Crippen LogP) is 29.2. The van der Waals surface area contributed by atoms with Gasteiger partial charge in [-0.1, -0.05) is 249 Å². The van der Waals surface area contributed by atoms with E-state index in [1.165, 1.54) is 49.5 Å². The van der Waals surface area contributed by atoms with Gasteiger partial charge in [0.2, 0.25) is 39.9 Å². The molecule has 0 aliphatic rings. The van der Waals surface area contributed by atoms with Crippen LogP contribution in [0.1, 0.15) is 82.0 Å². The van der Waals surface area contributed by atoms with Gasteiger partial charge in [-0.05, 0) is 199 Å². The maximum Gasteiger partial charge on any atom is 0.228 e. The first-order valence-electron chi connectivity index (χ1n) is 51.1. The first-order chi connectivity index (χ1) is 69.7. The molecule has 11 heteroatoms. The molecule has 634 valence electrons. The molecular weight excluding hydrogens is 1600 g/mol. The van der Waals surface area contributed by atoms with E-state index in [0.717, 1.165) is 105 Å². The highest BCUT2D eigenvalue weighted by Crippen LogP contribution is 2.48. The van der Waals surface area contributed by atoms with Crippen molar-refractivity contribution in [3.63, 3.8) is 0 Å². The van der Waals surface area contributed by atoms with E-state index < -0.39 is 34.3 Å². The van der Waals surface area contributed by atoms with Crippen molar-refractivity contribution >= 4 is 131 Å². The zero-order valence-electron chi connectivity index (χ0n) is 88.9. The van der Waals surface area contributed by atoms with Gasteiger partial charge in [0, 0.05) is 128 Å². The minimum atomic E-state index is -2.40. The smallest absolute Gasteiger partial charge is 0.228 e. The van der Waals surface area contributed by atoms with Crippen molar-refractivity contribution in [2.24, 2.45) is 28.2 Å². The lowest BCUT2D eigenvalue weighted by Crippen LogP contribution is -2.31. The van der Waals surface area contributed by atoms with E-state index in [1.807, 2.05) is 209 Å². The Balaban J connectivity index is 0.000000115. The first-order valence-corrected chi connectivity index (χ1v) is 43.6. The van der Waals surface area contributed by atoms with Crippen molar-refractivity contribution in [1.29, 1.82) is 0 Å². The zero-order chi connectivity index (χ0) is 102. The summed E-state index contributed by atoms with van der Waals surface area (Å²) >= 11 is 0. The van der Waals surface area contributed by atoms with Crippen LogP contribution in [0.25, 0.3) is 221 Å². The number of aromatic nitrogens is 7. The van der Waals surface area contributed by atoms with Crippen LogP contribution in [0.2, 0.25) is 0 Å². The quantitative estimate of drug-likeness (QED) is 0.140. The van der Waals surface area contributed by atoms with Crippen LogP contribution in [0.4, 0.5) is 0 Å². The van der Waals surface area contributed by atoms with Crippen LogP contribution >= 0.6 is 0 Å². The van der Waals surface area contributed by atoms with Crippen molar-refractivity contribution < 1.29 is 56.5 Å². The van der Waals surface area contributed by atoms with Crippen molar-refractivity contribution in [2.75, 3.05) is 0 Å². The Morgan fingerprint density at radius 3 is 1.20 bits per heavy atom. The van der Waals surface area contributed by atoms with Gasteiger partial charge < -0.3 is 17.7 Å². The van der Waals surface area contributed by atoms with E-state index in [1.54, 1.807) is 60.1 Å². The lowest BCUT2D eigenvalue weighted by Gasteiger charge is -2.11. The molecule has 0 fully saturated rings. The van der Waals surface area contributed by atoms with E-state index in [2.05, 4.69) is 152 Å². The van der Waals surface area contributed by atoms with Crippen LogP contribution < -0.4 is 18.3 Å². The fourth-order valence-electron chi connectivity index (χ4n) is 19.3. The molecule has 0 spiro atoms. The Labute approximate surface area is 781 Å². The summed E-state index contributed by atoms with van der Waals surface area (Å²) < 4.78 is 157. The number of rotatable bonds is 8. The molecule has 0 bridgehead atoms. The molecule has 0 saturated heterocycles. The predicted molar refractivity (Wildman–Crippen MR) is 539 cm³/mol. The van der Waals surface area contributed by atoms with Crippen LogP contribution in [0.3, 0.4) is 0 Å². The highest BCUT2D eigenvalue weighted by Gasteiger charge is 2.31. The molecule has 13 aromatic carbocycles. The summed E-state index contributed by atoms with van der Waals surface area (Å²) in [6.45, 7) is 0.151. The summed E-state index contributed by atoms with van der Waals surface area (Å²) in [5, 5.41) is 14.9. The minimum absolute atomic E-state index is 0.195. The third-order valence-electron chi connectivity index (χ3n) is 25.7. The summed E-state index contributed by atoms with van der Waals surface area (Å²) in [6, 6.07) is 97.6. The number of aryl methyl sites for hydroxylation is 15. The standard InChI is InChI=1S/C31H27N2O.2C30H25N2O.C29H22NO/c1-18-15-19(2)28-29-24-14-10-9-13-23(24)21(4)32-31(29)34-30(28)27(18)26-16-25(20(3)17-33(26)5)22-11-7-6-8-12-22;1-18-14-19(2)27-28-23-13-9-8-12-22(23)16-31-30(28)33-29(27)26(18)25-15-24(20(3)17-32(25)4)21-10-6-5-7-11-21;1-18-14-15-24-28-23-13-9-8-12-22(23)20(3)31-30(28)33-29(24)27(18)26-16-25(19(2)17-32(26)4)21-10-6-5-7-11-21;1-19-16-25-28(31-27-13-12-21-10-6-7-11-23(21)29(25)27)18-24(19)26-17-22(14-15-30(26)2)20-8-4-3-5-9-20/h6-17H,1-5H3;2*5-17H,1-4H3;3-18H,1-2H3/q4*+1/i2*2D3,3D3;2D3;. The number of hydrogen-bond acceptors (Lipinski definition) is 7. The molecular formula is C120H99N7O4+4. The van der Waals surface area contributed by atoms with E-state index in [9.17, 15) is 0 Å². The zero-order valence-corrected chi connectivity index (χ0v) is 73.9. The van der Waals surface area contributed by atoms with Crippen LogP contribution in [-0.2, 0) is 28.2 Å². The average molecular weight is 1720 g/mol. The van der Waals surface area contributed by atoms with Gasteiger partial charge in [-0.25, -0.2) is 33.2 Å². The minimum Gasteiger partial charge on any atom is -0.456 e. The van der Waals surface area contributed by atoms with E-state index in [0.29, 0.717) is 106 Å². The van der Waals surface area contributed by atoms with Crippen molar-refractivity contribution in [2.45, 2.75) is 75.8 Å². The van der Waals surface area contributed by atoms with Gasteiger partial charge in [0.25, 0.3) is 0 Å². The van der Waals surface area contributed by atoms with Crippen LogP contribution in [-0.4, -0.2) is 15.0 Å². The van der Waals surface area contributed by atoms with Crippen molar-refractivity contribution in [3.8, 4) is 89.5 Å². The van der Waals surface area contributed by atoms with Gasteiger partial charge >= 0.3 is 0 Å². The van der Waals surface area contributed by atoms with E-state index in [-0.39, 0.29) is 22.3 Å². The molecule has 131 heavy (non-hydrogen) atoms. The number of benzene rings is 13. The summed E-state index contributed by atoms with van der Waals surface area (Å²) in [6.07, 6.45) is 8.84. The molecule has 0 aliphatic carbocycles. The normalized spacial score (nSPS) is 13.8. The highest BCUT2D eigenvalue weighted by molar-refractivity contribution is 6.24. The Kier molecular flexibility index (Phi) is 16.8. The number of hydrogen-bond donors (Lipinski definition) is 0. The molecule has 11 aromatic heterocycles. The van der Waals surface area contributed by atoms with Gasteiger partial charge in [-0.15, -0.1) is 0 Å². The fraction of sp³-hybridized carbons (Fsp3) is 0.125. The summed E-state index contributed by atoms with van der Waals surface area (Å²) in [5.74, 6) is 0. The lowest BCUT2D eigenvalue weighted by atomic mass is 9.93. The molecule has 0 saturated carbocycles. The Bertz CT molecular complexity index is 9410. The largest absolute Gasteiger partial charge is 0.456 e. The third kappa shape index (κ3) is 14.4. The SMILES string of the molecule is Cc1cc2c(cc1-c1cc(-c3ccccc3)cc[n+]1C)oc1ccc3ccccc3c12.[2H]C([2H])([2H])c1c[n+](C)c(-c2c(C)cc(C([2H])([2H])[2H])c3c2oc2nc(C)c4ccccc4c23)cc1-c1ccccc1.[2H]C([2H])([2H])c1c[n+](C)c(-c2c(C)cc(C([2H])([2H])[2H])c3c2oc2ncc4ccccc4c23)cc1-c1ccccc1.[2H]C([2H])([2H])c1c[n+](C)c(-c2c(C)ccc3c2oc2nc(C)c4ccccc4c23)cc1-c1ccccc1. The summed E-state index contributed by atoms with van der Waals surface area (Å²) in [7, 11) is 7.57. The molecule has 11 heterocycles. The van der Waals surface area contributed by atoms with Crippen LogP contribution in [0, 0.1) is 75.8 Å². The molecule has 11 nitrogen and oxygen atoms in total. The molecule has 24 rings (SSSR count). The van der Waals surface area contributed by atoms with E-state index >= 15 is 0 Å². The fourth-order valence-corrected chi connectivity index (χ4v) is 19.3. The van der Waals surface area contributed by atoms with Crippen LogP contribution in [0.5, 0.6) is 0 Å². The summed E-state index contributed by atoms with van der Waals surface area (Å²) in [5.41, 5.74) is 25.0. The molecule has 0 amide bonds. The second-order valence-electron chi connectivity index (χ2n) is 34.0. The number of pyridine rings is 7. The molecule has 0 unspecified atom stereocenters. The topological polar surface area (TPSA) is 107 Å². The average Bonchev–Trinajstić information content (AvgIpc) is 1.55. The first kappa shape index (κ1) is 66.6. The summed E-state index contributed by atoms with van der Waals surface area (Å²) in [4.78, 5) is 14.1.